The maximum absolute atomic E-state index is 6.02. The summed E-state index contributed by atoms with van der Waals surface area (Å²) in [4.78, 5) is 2.47. The Balaban J connectivity index is 2.75. The number of anilines is 1. The van der Waals surface area contributed by atoms with Crippen molar-refractivity contribution in [3.8, 4) is 0 Å². The molecule has 0 radical (unpaired) electrons. The van der Waals surface area contributed by atoms with Gasteiger partial charge in [0.1, 0.15) is 0 Å². The number of nitrogens with zero attached hydrogens (tertiary/aromatic N) is 1. The predicted molar refractivity (Wildman–Crippen MR) is 80.8 cm³/mol. The number of nitrogen functional groups attached to an aromatic ring is 1. The van der Waals surface area contributed by atoms with Gasteiger partial charge in [0, 0.05) is 30.3 Å². The standard InChI is InChI=1S/C15H25ClN2/c1-11(2)8-18(9-12(3)4)10-13-5-6-14(16)7-15(13)17/h5-7,11-12H,8-10,17H2,1-4H3. The van der Waals surface area contributed by atoms with E-state index in [1.165, 1.54) is 5.56 Å². The van der Waals surface area contributed by atoms with E-state index >= 15 is 0 Å². The van der Waals surface area contributed by atoms with Crippen LogP contribution in [0.3, 0.4) is 0 Å². The minimum atomic E-state index is 0.664. The number of hydrogen-bond acceptors (Lipinski definition) is 2. The van der Waals surface area contributed by atoms with Crippen LogP contribution in [-0.4, -0.2) is 18.0 Å². The fourth-order valence-electron chi connectivity index (χ4n) is 2.19. The van der Waals surface area contributed by atoms with Gasteiger partial charge in [-0.05, 0) is 29.5 Å². The highest BCUT2D eigenvalue weighted by molar-refractivity contribution is 6.30. The van der Waals surface area contributed by atoms with Crippen LogP contribution in [0.25, 0.3) is 0 Å². The first kappa shape index (κ1) is 15.3. The second-order valence-corrected chi connectivity index (χ2v) is 6.26. The molecular weight excluding hydrogens is 244 g/mol. The van der Waals surface area contributed by atoms with E-state index in [-0.39, 0.29) is 0 Å². The first-order valence-corrected chi connectivity index (χ1v) is 7.02. The molecule has 0 fully saturated rings. The molecule has 0 aromatic heterocycles. The third-order valence-corrected chi connectivity index (χ3v) is 2.98. The van der Waals surface area contributed by atoms with Crippen molar-refractivity contribution in [2.24, 2.45) is 11.8 Å². The van der Waals surface area contributed by atoms with Crippen LogP contribution in [-0.2, 0) is 6.54 Å². The van der Waals surface area contributed by atoms with E-state index in [9.17, 15) is 0 Å². The van der Waals surface area contributed by atoms with E-state index in [1.807, 2.05) is 18.2 Å². The zero-order chi connectivity index (χ0) is 13.7. The highest BCUT2D eigenvalue weighted by Gasteiger charge is 2.11. The van der Waals surface area contributed by atoms with Crippen LogP contribution in [0.15, 0.2) is 18.2 Å². The molecule has 3 heteroatoms. The maximum Gasteiger partial charge on any atom is 0.0426 e. The van der Waals surface area contributed by atoms with Gasteiger partial charge in [0.05, 0.1) is 0 Å². The Kier molecular flexibility index (Phi) is 5.97. The van der Waals surface area contributed by atoms with Gasteiger partial charge >= 0.3 is 0 Å². The molecule has 1 aromatic carbocycles. The molecule has 2 N–H and O–H groups in total. The van der Waals surface area contributed by atoms with Crippen LogP contribution >= 0.6 is 11.6 Å². The van der Waals surface area contributed by atoms with Gasteiger partial charge in [0.2, 0.25) is 0 Å². The Morgan fingerprint density at radius 1 is 1.11 bits per heavy atom. The Morgan fingerprint density at radius 3 is 2.11 bits per heavy atom. The largest absolute Gasteiger partial charge is 0.398 e. The summed E-state index contributed by atoms with van der Waals surface area (Å²) in [6.07, 6.45) is 0. The lowest BCUT2D eigenvalue weighted by Gasteiger charge is -2.26. The molecule has 102 valence electrons. The number of hydrogen-bond donors (Lipinski definition) is 1. The van der Waals surface area contributed by atoms with Crippen molar-refractivity contribution in [2.75, 3.05) is 18.8 Å². The smallest absolute Gasteiger partial charge is 0.0426 e. The Bertz CT molecular complexity index is 365. The minimum Gasteiger partial charge on any atom is -0.398 e. The van der Waals surface area contributed by atoms with Crippen molar-refractivity contribution in [1.29, 1.82) is 0 Å². The van der Waals surface area contributed by atoms with Crippen molar-refractivity contribution in [1.82, 2.24) is 4.90 Å². The summed E-state index contributed by atoms with van der Waals surface area (Å²) in [5.74, 6) is 1.33. The molecule has 18 heavy (non-hydrogen) atoms. The van der Waals surface area contributed by atoms with E-state index in [1.54, 1.807) is 0 Å². The van der Waals surface area contributed by atoms with Crippen LogP contribution in [0.2, 0.25) is 5.02 Å². The summed E-state index contributed by atoms with van der Waals surface area (Å²) in [7, 11) is 0. The molecular formula is C15H25ClN2. The second kappa shape index (κ2) is 7.01. The van der Waals surface area contributed by atoms with E-state index in [0.29, 0.717) is 16.9 Å². The summed E-state index contributed by atoms with van der Waals surface area (Å²) >= 11 is 5.93. The third-order valence-electron chi connectivity index (χ3n) is 2.75. The van der Waals surface area contributed by atoms with Crippen molar-refractivity contribution in [2.45, 2.75) is 34.2 Å². The normalized spacial score (nSPS) is 11.8. The molecule has 0 saturated carbocycles. The SMILES string of the molecule is CC(C)CN(Cc1ccc(Cl)cc1N)CC(C)C. The fraction of sp³-hybridized carbons (Fsp3) is 0.600. The van der Waals surface area contributed by atoms with Gasteiger partial charge in [0.15, 0.2) is 0 Å². The predicted octanol–water partition coefficient (Wildman–Crippen LogP) is 4.04. The van der Waals surface area contributed by atoms with Crippen LogP contribution in [0.5, 0.6) is 0 Å². The van der Waals surface area contributed by atoms with Crippen molar-refractivity contribution in [3.05, 3.63) is 28.8 Å². The summed E-state index contributed by atoms with van der Waals surface area (Å²) in [5.41, 5.74) is 7.98. The van der Waals surface area contributed by atoms with Crippen LogP contribution in [0, 0.1) is 11.8 Å². The highest BCUT2D eigenvalue weighted by Crippen LogP contribution is 2.20. The maximum atomic E-state index is 6.02. The lowest BCUT2D eigenvalue weighted by molar-refractivity contribution is 0.212. The average Bonchev–Trinajstić information content (AvgIpc) is 2.20. The molecule has 0 aliphatic heterocycles. The van der Waals surface area contributed by atoms with E-state index in [2.05, 4.69) is 32.6 Å². The highest BCUT2D eigenvalue weighted by atomic mass is 35.5. The topological polar surface area (TPSA) is 29.3 Å². The zero-order valence-corrected chi connectivity index (χ0v) is 12.7. The van der Waals surface area contributed by atoms with E-state index in [0.717, 1.165) is 25.3 Å². The molecule has 0 spiro atoms. The molecule has 1 rings (SSSR count). The minimum absolute atomic E-state index is 0.664. The van der Waals surface area contributed by atoms with Crippen LogP contribution < -0.4 is 5.73 Å². The van der Waals surface area contributed by atoms with E-state index in [4.69, 9.17) is 17.3 Å². The lowest BCUT2D eigenvalue weighted by atomic mass is 10.1. The van der Waals surface area contributed by atoms with Gasteiger partial charge in [-0.25, -0.2) is 0 Å². The molecule has 0 atom stereocenters. The number of benzene rings is 1. The molecule has 0 amide bonds. The van der Waals surface area contributed by atoms with Gasteiger partial charge in [-0.3, -0.25) is 4.90 Å². The summed E-state index contributed by atoms with van der Waals surface area (Å²) < 4.78 is 0. The van der Waals surface area contributed by atoms with Gasteiger partial charge in [-0.2, -0.15) is 0 Å². The van der Waals surface area contributed by atoms with Gasteiger partial charge in [-0.1, -0.05) is 45.4 Å². The van der Waals surface area contributed by atoms with Crippen molar-refractivity contribution in [3.63, 3.8) is 0 Å². The monoisotopic (exact) mass is 268 g/mol. The molecule has 0 bridgehead atoms. The number of nitrogens with two attached hydrogens (primary N) is 1. The van der Waals surface area contributed by atoms with Crippen LogP contribution in [0.4, 0.5) is 5.69 Å². The first-order valence-electron chi connectivity index (χ1n) is 6.64. The molecule has 0 saturated heterocycles. The molecule has 2 nitrogen and oxygen atoms in total. The van der Waals surface area contributed by atoms with Crippen molar-refractivity contribution < 1.29 is 0 Å². The summed E-state index contributed by atoms with van der Waals surface area (Å²) in [6, 6.07) is 5.78. The van der Waals surface area contributed by atoms with Gasteiger partial charge < -0.3 is 5.73 Å². The van der Waals surface area contributed by atoms with Gasteiger partial charge in [-0.15, -0.1) is 0 Å². The molecule has 0 heterocycles. The lowest BCUT2D eigenvalue weighted by Crippen LogP contribution is -2.31. The Labute approximate surface area is 116 Å². The van der Waals surface area contributed by atoms with E-state index < -0.39 is 0 Å². The summed E-state index contributed by atoms with van der Waals surface area (Å²) in [5, 5.41) is 0.704. The first-order chi connectivity index (χ1) is 8.38. The zero-order valence-electron chi connectivity index (χ0n) is 11.9. The number of rotatable bonds is 6. The average molecular weight is 269 g/mol. The summed E-state index contributed by atoms with van der Waals surface area (Å²) in [6.45, 7) is 12.1. The second-order valence-electron chi connectivity index (χ2n) is 5.82. The number of halogens is 1. The van der Waals surface area contributed by atoms with Gasteiger partial charge in [0.25, 0.3) is 0 Å². The molecule has 0 aliphatic rings. The van der Waals surface area contributed by atoms with Crippen LogP contribution in [0.1, 0.15) is 33.3 Å². The van der Waals surface area contributed by atoms with Crippen molar-refractivity contribution >= 4 is 17.3 Å². The Hall–Kier alpha value is -0.730. The molecule has 0 aliphatic carbocycles. The molecule has 1 aromatic rings. The third kappa shape index (κ3) is 5.28. The molecule has 0 unspecified atom stereocenters. The fourth-order valence-corrected chi connectivity index (χ4v) is 2.37. The Morgan fingerprint density at radius 2 is 1.67 bits per heavy atom. The quantitative estimate of drug-likeness (QED) is 0.789.